The molecule has 25 heavy (non-hydrogen) atoms. The van der Waals surface area contributed by atoms with E-state index >= 15 is 0 Å². The molecule has 2 N–H and O–H groups in total. The first-order valence-electron chi connectivity index (χ1n) is 8.42. The largest absolute Gasteiger partial charge is 0.508 e. The number of aliphatic hydroxyl groups excluding tert-OH is 1. The van der Waals surface area contributed by atoms with E-state index in [1.54, 1.807) is 18.2 Å². The van der Waals surface area contributed by atoms with Crippen molar-refractivity contribution in [2.24, 2.45) is 0 Å². The van der Waals surface area contributed by atoms with Gasteiger partial charge in [0.1, 0.15) is 11.6 Å². The summed E-state index contributed by atoms with van der Waals surface area (Å²) in [7, 11) is 0. The van der Waals surface area contributed by atoms with Crippen LogP contribution in [0.5, 0.6) is 5.75 Å². The Labute approximate surface area is 151 Å². The molecule has 0 amide bonds. The van der Waals surface area contributed by atoms with Gasteiger partial charge in [0.05, 0.1) is 6.10 Å². The standard InChI is InChI=1S/C20H18FNO2.ClH/c21-11-3-5-13-15(8-11)16-9-12(23)4-6-14(16)19-17(13)10-22-7-1-2-18(22)20(19)24;/h3-6,8-9,18,20,23-24H,1-2,7,10H2;1H/t18-,20+;/m0./s1. The SMILES string of the molecule is Cl.Oc1ccc2c3c(c4ccc(F)cc4c2c1)CN1CCC[C@H]1[C@H]3O. The molecule has 0 saturated carbocycles. The van der Waals surface area contributed by atoms with Crippen molar-refractivity contribution in [1.82, 2.24) is 4.90 Å². The lowest BCUT2D eigenvalue weighted by atomic mass is 9.83. The van der Waals surface area contributed by atoms with Crippen molar-refractivity contribution < 1.29 is 14.6 Å². The fourth-order valence-corrected chi connectivity index (χ4v) is 4.61. The monoisotopic (exact) mass is 359 g/mol. The molecule has 0 unspecified atom stereocenters. The van der Waals surface area contributed by atoms with Crippen LogP contribution in [-0.4, -0.2) is 27.7 Å². The maximum atomic E-state index is 13.9. The Kier molecular flexibility index (Phi) is 3.87. The highest BCUT2D eigenvalue weighted by molar-refractivity contribution is 6.11. The summed E-state index contributed by atoms with van der Waals surface area (Å²) in [6.07, 6.45) is 1.56. The molecule has 2 heterocycles. The van der Waals surface area contributed by atoms with Gasteiger partial charge in [-0.15, -0.1) is 12.4 Å². The van der Waals surface area contributed by atoms with E-state index in [0.717, 1.165) is 58.6 Å². The third-order valence-corrected chi connectivity index (χ3v) is 5.65. The number of rotatable bonds is 0. The van der Waals surface area contributed by atoms with Gasteiger partial charge >= 0.3 is 0 Å². The van der Waals surface area contributed by atoms with Gasteiger partial charge in [0, 0.05) is 12.6 Å². The van der Waals surface area contributed by atoms with Gasteiger partial charge in [0.25, 0.3) is 0 Å². The lowest BCUT2D eigenvalue weighted by Crippen LogP contribution is -2.39. The molecular formula is C20H19ClFNO2. The highest BCUT2D eigenvalue weighted by Gasteiger charge is 2.38. The predicted molar refractivity (Wildman–Crippen MR) is 98.7 cm³/mol. The molecule has 2 aliphatic rings. The zero-order chi connectivity index (χ0) is 16.4. The van der Waals surface area contributed by atoms with E-state index in [4.69, 9.17) is 0 Å². The average molecular weight is 360 g/mol. The lowest BCUT2D eigenvalue weighted by molar-refractivity contribution is 0.0552. The number of fused-ring (bicyclic) bond motifs is 7. The van der Waals surface area contributed by atoms with E-state index in [-0.39, 0.29) is 30.0 Å². The average Bonchev–Trinajstić information content (AvgIpc) is 3.04. The minimum Gasteiger partial charge on any atom is -0.508 e. The van der Waals surface area contributed by atoms with Gasteiger partial charge in [-0.25, -0.2) is 4.39 Å². The summed E-state index contributed by atoms with van der Waals surface area (Å²) in [5.74, 6) is -0.136. The zero-order valence-corrected chi connectivity index (χ0v) is 14.4. The molecule has 3 aromatic rings. The summed E-state index contributed by atoms with van der Waals surface area (Å²) >= 11 is 0. The van der Waals surface area contributed by atoms with E-state index in [1.807, 2.05) is 6.07 Å². The van der Waals surface area contributed by atoms with Crippen LogP contribution >= 0.6 is 12.4 Å². The maximum absolute atomic E-state index is 13.9. The second kappa shape index (κ2) is 5.84. The molecule has 0 spiro atoms. The number of halogens is 2. The van der Waals surface area contributed by atoms with Crippen LogP contribution in [-0.2, 0) is 6.54 Å². The molecule has 2 aliphatic heterocycles. The lowest BCUT2D eigenvalue weighted by Gasteiger charge is -2.37. The van der Waals surface area contributed by atoms with E-state index in [9.17, 15) is 14.6 Å². The van der Waals surface area contributed by atoms with Crippen molar-refractivity contribution in [3.8, 4) is 5.75 Å². The second-order valence-electron chi connectivity index (χ2n) is 6.94. The topological polar surface area (TPSA) is 43.7 Å². The Bertz CT molecular complexity index is 990. The number of benzene rings is 3. The van der Waals surface area contributed by atoms with Crippen molar-refractivity contribution in [3.05, 3.63) is 53.3 Å². The molecule has 2 atom stereocenters. The number of phenolic OH excluding ortho intramolecular Hbond substituents is 1. The Morgan fingerprint density at radius 2 is 1.76 bits per heavy atom. The van der Waals surface area contributed by atoms with Crippen molar-refractivity contribution in [1.29, 1.82) is 0 Å². The molecule has 0 aliphatic carbocycles. The Morgan fingerprint density at radius 3 is 2.60 bits per heavy atom. The predicted octanol–water partition coefficient (Wildman–Crippen LogP) is 4.27. The van der Waals surface area contributed by atoms with E-state index in [0.29, 0.717) is 0 Å². The number of hydrogen-bond acceptors (Lipinski definition) is 3. The zero-order valence-electron chi connectivity index (χ0n) is 13.6. The smallest absolute Gasteiger partial charge is 0.123 e. The summed E-state index contributed by atoms with van der Waals surface area (Å²) in [6, 6.07) is 10.1. The quantitative estimate of drug-likeness (QED) is 0.589. The van der Waals surface area contributed by atoms with Gasteiger partial charge in [0.2, 0.25) is 0 Å². The van der Waals surface area contributed by atoms with Crippen molar-refractivity contribution in [2.45, 2.75) is 31.5 Å². The Hall–Kier alpha value is -1.88. The first kappa shape index (κ1) is 16.6. The molecule has 3 nitrogen and oxygen atoms in total. The Balaban J connectivity index is 0.00000157. The maximum Gasteiger partial charge on any atom is 0.123 e. The fourth-order valence-electron chi connectivity index (χ4n) is 4.61. The summed E-state index contributed by atoms with van der Waals surface area (Å²) in [5.41, 5.74) is 2.04. The van der Waals surface area contributed by atoms with Crippen LogP contribution in [0.3, 0.4) is 0 Å². The second-order valence-corrected chi connectivity index (χ2v) is 6.94. The van der Waals surface area contributed by atoms with Gasteiger partial charge in [-0.2, -0.15) is 0 Å². The molecule has 5 rings (SSSR count). The Morgan fingerprint density at radius 1 is 1.00 bits per heavy atom. The van der Waals surface area contributed by atoms with Gasteiger partial charge in [-0.3, -0.25) is 4.90 Å². The van der Waals surface area contributed by atoms with Crippen LogP contribution in [0.15, 0.2) is 36.4 Å². The molecule has 1 saturated heterocycles. The van der Waals surface area contributed by atoms with Crippen LogP contribution in [0.25, 0.3) is 21.5 Å². The summed E-state index contributed by atoms with van der Waals surface area (Å²) in [4.78, 5) is 2.34. The first-order chi connectivity index (χ1) is 11.6. The van der Waals surface area contributed by atoms with E-state index < -0.39 is 6.10 Å². The normalized spacial score (nSPS) is 22.6. The molecule has 0 aromatic heterocycles. The molecule has 3 aromatic carbocycles. The highest BCUT2D eigenvalue weighted by Crippen LogP contribution is 2.45. The molecule has 1 fully saturated rings. The van der Waals surface area contributed by atoms with Crippen molar-refractivity contribution in [3.63, 3.8) is 0 Å². The molecule has 130 valence electrons. The minimum absolute atomic E-state index is 0. The molecule has 0 radical (unpaired) electrons. The van der Waals surface area contributed by atoms with Crippen molar-refractivity contribution >= 4 is 34.0 Å². The number of phenols is 1. The van der Waals surface area contributed by atoms with Crippen LogP contribution in [0.4, 0.5) is 4.39 Å². The van der Waals surface area contributed by atoms with Crippen LogP contribution < -0.4 is 0 Å². The third kappa shape index (κ3) is 2.32. The molecular weight excluding hydrogens is 341 g/mol. The number of hydrogen-bond donors (Lipinski definition) is 2. The van der Waals surface area contributed by atoms with Crippen LogP contribution in [0, 0.1) is 5.82 Å². The number of aromatic hydroxyl groups is 1. The van der Waals surface area contributed by atoms with Gasteiger partial charge < -0.3 is 10.2 Å². The molecule has 5 heteroatoms. The minimum atomic E-state index is -0.544. The van der Waals surface area contributed by atoms with Gasteiger partial charge in [-0.1, -0.05) is 12.1 Å². The van der Waals surface area contributed by atoms with E-state index in [2.05, 4.69) is 4.90 Å². The number of nitrogens with zero attached hydrogens (tertiary/aromatic N) is 1. The van der Waals surface area contributed by atoms with Gasteiger partial charge in [0.15, 0.2) is 0 Å². The van der Waals surface area contributed by atoms with Crippen molar-refractivity contribution in [2.75, 3.05) is 6.54 Å². The summed E-state index contributed by atoms with van der Waals surface area (Å²) < 4.78 is 13.9. The first-order valence-corrected chi connectivity index (χ1v) is 8.42. The highest BCUT2D eigenvalue weighted by atomic mass is 35.5. The third-order valence-electron chi connectivity index (χ3n) is 5.65. The fraction of sp³-hybridized carbons (Fsp3) is 0.300. The molecule has 0 bridgehead atoms. The number of aliphatic hydroxyl groups is 1. The van der Waals surface area contributed by atoms with Gasteiger partial charge in [-0.05, 0) is 76.3 Å². The summed E-state index contributed by atoms with van der Waals surface area (Å²) in [6.45, 7) is 1.79. The van der Waals surface area contributed by atoms with Crippen LogP contribution in [0.2, 0.25) is 0 Å². The summed E-state index contributed by atoms with van der Waals surface area (Å²) in [5, 5.41) is 24.4. The van der Waals surface area contributed by atoms with E-state index in [1.165, 1.54) is 12.1 Å². The van der Waals surface area contributed by atoms with Crippen LogP contribution in [0.1, 0.15) is 30.1 Å².